The number of Topliss-reactive ketones (excluding diaryl/α,β-unsaturated/α-hetero) is 1. The molecule has 0 radical (unpaired) electrons. The first-order chi connectivity index (χ1) is 61.3. The summed E-state index contributed by atoms with van der Waals surface area (Å²) < 4.78 is 14.3. The van der Waals surface area contributed by atoms with Crippen molar-refractivity contribution in [1.29, 1.82) is 0 Å². The van der Waals surface area contributed by atoms with Crippen molar-refractivity contribution in [2.75, 3.05) is 35.7 Å². The van der Waals surface area contributed by atoms with Crippen molar-refractivity contribution in [3.05, 3.63) is 318 Å². The van der Waals surface area contributed by atoms with E-state index in [0.29, 0.717) is 47.2 Å². The maximum absolute atomic E-state index is 11.1. The predicted molar refractivity (Wildman–Crippen MR) is 563 cm³/mol. The quantitative estimate of drug-likeness (QED) is 0.176. The number of aromatic nitrogens is 6. The first kappa shape index (κ1) is 109. The number of nitrogens with one attached hydrogen (secondary N) is 2. The van der Waals surface area contributed by atoms with Gasteiger partial charge < -0.3 is 29.1 Å². The van der Waals surface area contributed by atoms with Crippen molar-refractivity contribution in [3.63, 3.8) is 0 Å². The highest BCUT2D eigenvalue weighted by Gasteiger charge is 2.22. The third-order valence-corrected chi connectivity index (χ3v) is 20.0. The van der Waals surface area contributed by atoms with Gasteiger partial charge in [0.25, 0.3) is 0 Å². The number of hydrogen-bond acceptors (Lipinski definition) is 10. The molecule has 696 valence electrons. The first-order valence-corrected chi connectivity index (χ1v) is 48.4. The highest BCUT2D eigenvalue weighted by molar-refractivity contribution is 7.99. The van der Waals surface area contributed by atoms with E-state index in [4.69, 9.17) is 4.74 Å². The van der Waals surface area contributed by atoms with E-state index < -0.39 is 0 Å². The highest BCUT2D eigenvalue weighted by Crippen LogP contribution is 2.32. The van der Waals surface area contributed by atoms with Gasteiger partial charge in [-0.3, -0.25) is 9.69 Å². The topological polar surface area (TPSA) is 122 Å². The number of hydrogen-bond donors (Lipinski definition) is 2. The number of aryl methyl sites for hydroxylation is 2. The Morgan fingerprint density at radius 1 is 0.395 bits per heavy atom. The second-order valence-corrected chi connectivity index (χ2v) is 41.3. The molecule has 5 aliphatic heterocycles. The van der Waals surface area contributed by atoms with Gasteiger partial charge in [0.15, 0.2) is 5.78 Å². The molecule has 0 amide bonds. The zero-order chi connectivity index (χ0) is 95.0. The Morgan fingerprint density at radius 3 is 1.36 bits per heavy atom. The van der Waals surface area contributed by atoms with Crippen molar-refractivity contribution in [2.24, 2.45) is 34.5 Å². The molecule has 10 aromatic carbocycles. The highest BCUT2D eigenvalue weighted by atomic mass is 32.2. The number of benzene rings is 10. The van der Waals surface area contributed by atoms with E-state index in [2.05, 4.69) is 419 Å². The van der Waals surface area contributed by atoms with Crippen molar-refractivity contribution >= 4 is 72.7 Å². The molecule has 0 fully saturated rings. The van der Waals surface area contributed by atoms with Crippen LogP contribution < -0.4 is 15.0 Å². The van der Waals surface area contributed by atoms with Crippen LogP contribution in [-0.2, 0) is 45.2 Å². The second kappa shape index (κ2) is 58.2. The summed E-state index contributed by atoms with van der Waals surface area (Å²) in [4.78, 5) is 24.6. The average Bonchev–Trinajstić information content (AvgIpc) is 1.71. The lowest BCUT2D eigenvalue weighted by molar-refractivity contribution is 0.0994. The number of para-hydroxylation sites is 6. The number of fused-ring (bicyclic) bond motifs is 10. The van der Waals surface area contributed by atoms with E-state index in [1.807, 2.05) is 103 Å². The number of carbonyl (C=O) groups is 1. The maximum atomic E-state index is 11.1. The van der Waals surface area contributed by atoms with Gasteiger partial charge in [-0.25, -0.2) is 9.61 Å². The molecule has 0 saturated heterocycles. The van der Waals surface area contributed by atoms with Gasteiger partial charge in [-0.15, -0.1) is 11.8 Å². The molecule has 0 bridgehead atoms. The number of rotatable bonds is 4. The number of aromatic amines is 1. The van der Waals surface area contributed by atoms with Crippen molar-refractivity contribution in [1.82, 2.24) is 34.3 Å². The Labute approximate surface area is 784 Å². The molecule has 6 aliphatic rings. The molecule has 13 heteroatoms. The number of ether oxygens (including phenoxy) is 1. The SMILES string of the molecule is CC(C)(C)C.CC(C)(C)C.CC(C)C.CC(C)C.CC(C)C.CC(C)C.CC(C)N1CCc2ccccc21.CC(C)N1Cc2ccccc2C1.CC(C)n1cc2ccccc2c1.CC(C)n1ccc2ccccc21.O=C1CCc2ccccc21.c1ccc2[nH]cnc2c1.c1ccc2c(c1)CCN2.c1ccc2c(c1)CCO2.c1ccc2c(c1)CCS2.c1ccc2nonc2c1. The lowest BCUT2D eigenvalue weighted by Gasteiger charge is -2.23. The van der Waals surface area contributed by atoms with Crippen LogP contribution in [0, 0.1) is 34.5 Å². The number of imidazole rings is 1. The molecule has 1 aliphatic carbocycles. The Morgan fingerprint density at radius 2 is 0.853 bits per heavy atom. The molecule has 12 nitrogen and oxygen atoms in total. The molecule has 0 spiro atoms. The zero-order valence-corrected chi connectivity index (χ0v) is 85.2. The lowest BCUT2D eigenvalue weighted by Crippen LogP contribution is -2.28. The van der Waals surface area contributed by atoms with Gasteiger partial charge in [0.1, 0.15) is 16.8 Å². The summed E-state index contributed by atoms with van der Waals surface area (Å²) in [5.41, 5.74) is 19.8. The van der Waals surface area contributed by atoms with Gasteiger partial charge in [-0.2, -0.15) is 0 Å². The predicted octanol–water partition coefficient (Wildman–Crippen LogP) is 32.3. The lowest BCUT2D eigenvalue weighted by atomic mass is 10.0. The van der Waals surface area contributed by atoms with Crippen molar-refractivity contribution < 1.29 is 14.2 Å². The summed E-state index contributed by atoms with van der Waals surface area (Å²) in [5.74, 6) is 5.98. The minimum atomic E-state index is 0.301. The smallest absolute Gasteiger partial charge is 0.163 e. The third-order valence-electron chi connectivity index (χ3n) is 18.9. The number of H-pyrrole nitrogens is 1. The number of carbonyl (C=O) groups excluding carboxylic acids is 1. The number of thioether (sulfide) groups is 1. The summed E-state index contributed by atoms with van der Waals surface area (Å²) in [6.45, 7) is 66.7. The second-order valence-electron chi connectivity index (χ2n) is 40.2. The minimum Gasteiger partial charge on any atom is -0.493 e. The molecule has 129 heavy (non-hydrogen) atoms. The molecule has 0 unspecified atom stereocenters. The van der Waals surface area contributed by atoms with Crippen LogP contribution in [-0.4, -0.2) is 77.6 Å². The van der Waals surface area contributed by atoms with Gasteiger partial charge in [0, 0.05) is 115 Å². The fourth-order valence-electron chi connectivity index (χ4n) is 13.1. The number of anilines is 2. The average molecular weight is 1760 g/mol. The van der Waals surface area contributed by atoms with Crippen LogP contribution in [0.25, 0.3) is 43.7 Å². The van der Waals surface area contributed by atoms with E-state index in [1.54, 1.807) is 6.33 Å². The largest absolute Gasteiger partial charge is 0.493 e. The molecule has 0 saturated carbocycles. The van der Waals surface area contributed by atoms with Crippen molar-refractivity contribution in [2.45, 2.75) is 275 Å². The number of nitrogens with zero attached hydrogens (tertiary/aromatic N) is 7. The number of ketones is 1. The summed E-state index contributed by atoms with van der Waals surface area (Å²) >= 11 is 1.97. The summed E-state index contributed by atoms with van der Waals surface area (Å²) in [7, 11) is 0. The van der Waals surface area contributed by atoms with Crippen LogP contribution in [0.4, 0.5) is 11.4 Å². The maximum Gasteiger partial charge on any atom is 0.163 e. The van der Waals surface area contributed by atoms with E-state index >= 15 is 0 Å². The molecule has 20 rings (SSSR count). The Balaban J connectivity index is 0.000000247. The minimum absolute atomic E-state index is 0.301. The van der Waals surface area contributed by atoms with Gasteiger partial charge in [0.2, 0.25) is 0 Å². The molecular formula is C116H163N9O3S. The fourth-order valence-corrected chi connectivity index (χ4v) is 14.1. The monoisotopic (exact) mass is 1760 g/mol. The third kappa shape index (κ3) is 44.1. The van der Waals surface area contributed by atoms with Crippen LogP contribution in [0.5, 0.6) is 5.75 Å². The van der Waals surface area contributed by atoms with Crippen LogP contribution in [0.1, 0.15) is 262 Å². The Bertz CT molecular complexity index is 4930. The Hall–Kier alpha value is -10.5. The molecule has 9 heterocycles. The van der Waals surface area contributed by atoms with Gasteiger partial charge >= 0.3 is 0 Å². The van der Waals surface area contributed by atoms with Crippen molar-refractivity contribution in [3.8, 4) is 5.75 Å². The zero-order valence-electron chi connectivity index (χ0n) is 84.3. The summed E-state index contributed by atoms with van der Waals surface area (Å²) in [5, 5.41) is 14.5. The normalized spacial score (nSPS) is 12.9. The van der Waals surface area contributed by atoms with E-state index in [-0.39, 0.29) is 0 Å². The van der Waals surface area contributed by atoms with E-state index in [0.717, 1.165) is 96.1 Å². The van der Waals surface area contributed by atoms with E-state index in [1.165, 1.54) is 108 Å². The van der Waals surface area contributed by atoms with Crippen LogP contribution in [0.3, 0.4) is 0 Å². The molecule has 2 N–H and O–H groups in total. The molecule has 14 aromatic rings. The van der Waals surface area contributed by atoms with E-state index in [9.17, 15) is 4.79 Å². The fraction of sp³-hybridized carbons (Fsp3) is 0.431. The molecule has 4 aromatic heterocycles. The summed E-state index contributed by atoms with van der Waals surface area (Å²) in [6.07, 6.45) is 14.6. The standard InChI is InChI=1S/C11H15N.C11H13N.C11H15N.C11H13N.C9H8O.C8H9N.C8H8O.C8H8S.C7H6N2.C6H4N2O.2C5H12.4C4H10/c2*1-9(2)12-7-10-5-3-4-6-11(10)8-12;2*1-9(2)12-8-7-10-5-3-4-6-11(10)12;10-9-6-5-7-3-1-2-4-8(7)9;3*1-2-4-8-7(3-1)5-6-9-8;1-2-4-7-6(3-1)8-5-9-7;1-2-4-6-5(3-1)7-9-8-6;2*1-5(2,3)4;4*1-4(2)3/h3-6,9H,7-8H2,1-2H3;3-9H,1-2H3;3-6,9H,7-8H2,1-2H3;3-9H,1-2H3;1-4H,5-6H2;1-4,9H,5-6H2;2*1-4H,5-6H2;1-5H,(H,8,9);1-4H;2*1-4H3;4*4H,1-3H3. The van der Waals surface area contributed by atoms with Crippen LogP contribution in [0.2, 0.25) is 0 Å². The molecular weight excluding hydrogens is 1600 g/mol. The van der Waals surface area contributed by atoms with Crippen LogP contribution >= 0.6 is 11.8 Å². The Kier molecular flexibility index (Phi) is 49.2. The molecule has 0 atom stereocenters. The van der Waals surface area contributed by atoms with Gasteiger partial charge in [-0.1, -0.05) is 327 Å². The van der Waals surface area contributed by atoms with Gasteiger partial charge in [0.05, 0.1) is 24.0 Å². The van der Waals surface area contributed by atoms with Crippen LogP contribution in [0.15, 0.2) is 283 Å². The summed E-state index contributed by atoms with van der Waals surface area (Å²) in [6, 6.07) is 87.5. The first-order valence-electron chi connectivity index (χ1n) is 47.4. The van der Waals surface area contributed by atoms with Gasteiger partial charge in [-0.05, 0) is 242 Å².